The van der Waals surface area contributed by atoms with E-state index in [2.05, 4.69) is 0 Å². The number of nitrogens with zero attached hydrogens (tertiary/aromatic N) is 1. The molecular formula is C15H22N2O2. The van der Waals surface area contributed by atoms with Crippen molar-refractivity contribution >= 4 is 5.91 Å². The minimum Gasteiger partial charge on any atom is -0.381 e. The number of hydrogen-bond acceptors (Lipinski definition) is 3. The quantitative estimate of drug-likeness (QED) is 0.896. The summed E-state index contributed by atoms with van der Waals surface area (Å²) in [5, 5.41) is 0. The van der Waals surface area contributed by atoms with Crippen molar-refractivity contribution in [1.82, 2.24) is 4.90 Å². The van der Waals surface area contributed by atoms with Crippen LogP contribution in [0.5, 0.6) is 0 Å². The van der Waals surface area contributed by atoms with Crippen molar-refractivity contribution in [2.24, 2.45) is 11.7 Å². The first kappa shape index (κ1) is 14.0. The largest absolute Gasteiger partial charge is 0.381 e. The average Bonchev–Trinajstić information content (AvgIpc) is 2.47. The molecule has 0 aliphatic carbocycles. The van der Waals surface area contributed by atoms with Crippen LogP contribution in [0.2, 0.25) is 0 Å². The first-order valence-electron chi connectivity index (χ1n) is 6.81. The molecule has 19 heavy (non-hydrogen) atoms. The van der Waals surface area contributed by atoms with Crippen molar-refractivity contribution in [2.75, 3.05) is 26.8 Å². The Kier molecular flexibility index (Phi) is 4.93. The molecule has 4 heteroatoms. The first-order valence-corrected chi connectivity index (χ1v) is 6.81. The Morgan fingerprint density at radius 1 is 1.47 bits per heavy atom. The van der Waals surface area contributed by atoms with Crippen molar-refractivity contribution in [2.45, 2.75) is 18.9 Å². The highest BCUT2D eigenvalue weighted by Gasteiger charge is 2.23. The molecule has 1 heterocycles. The molecule has 1 unspecified atom stereocenters. The van der Waals surface area contributed by atoms with E-state index >= 15 is 0 Å². The van der Waals surface area contributed by atoms with Crippen LogP contribution in [0.25, 0.3) is 0 Å². The maximum atomic E-state index is 12.3. The number of rotatable bonds is 4. The van der Waals surface area contributed by atoms with E-state index in [1.54, 1.807) is 4.90 Å². The molecule has 0 radical (unpaired) electrons. The average molecular weight is 262 g/mol. The Labute approximate surface area is 114 Å². The summed E-state index contributed by atoms with van der Waals surface area (Å²) >= 11 is 0. The number of likely N-dealkylation sites (N-methyl/N-ethyl adjacent to an activating group) is 1. The van der Waals surface area contributed by atoms with Crippen LogP contribution in [0.1, 0.15) is 24.4 Å². The summed E-state index contributed by atoms with van der Waals surface area (Å²) in [7, 11) is 1.82. The lowest BCUT2D eigenvalue weighted by Crippen LogP contribution is -2.40. The van der Waals surface area contributed by atoms with E-state index in [4.69, 9.17) is 10.5 Å². The predicted octanol–water partition coefficient (Wildman–Crippen LogP) is 1.57. The van der Waals surface area contributed by atoms with Crippen LogP contribution < -0.4 is 5.73 Å². The second-order valence-electron chi connectivity index (χ2n) is 5.19. The van der Waals surface area contributed by atoms with Gasteiger partial charge in [-0.1, -0.05) is 30.3 Å². The van der Waals surface area contributed by atoms with Crippen molar-refractivity contribution < 1.29 is 9.53 Å². The normalized spacial score (nSPS) is 20.8. The van der Waals surface area contributed by atoms with E-state index in [9.17, 15) is 4.79 Å². The lowest BCUT2D eigenvalue weighted by atomic mass is 10.0. The van der Waals surface area contributed by atoms with Gasteiger partial charge in [0.05, 0.1) is 6.61 Å². The van der Waals surface area contributed by atoms with Gasteiger partial charge >= 0.3 is 0 Å². The second kappa shape index (κ2) is 6.68. The van der Waals surface area contributed by atoms with Crippen LogP contribution in [-0.4, -0.2) is 37.6 Å². The third kappa shape index (κ3) is 3.78. The molecule has 1 aliphatic rings. The predicted molar refractivity (Wildman–Crippen MR) is 74.6 cm³/mol. The van der Waals surface area contributed by atoms with Crippen molar-refractivity contribution in [3.8, 4) is 0 Å². The van der Waals surface area contributed by atoms with Gasteiger partial charge < -0.3 is 15.4 Å². The first-order chi connectivity index (χ1) is 9.18. The SMILES string of the molecule is CN(CC1CCCOC1)C(=O)[C@@H](N)c1ccccc1. The monoisotopic (exact) mass is 262 g/mol. The number of ether oxygens (including phenoxy) is 1. The molecule has 1 aliphatic heterocycles. The number of nitrogens with two attached hydrogens (primary N) is 1. The minimum absolute atomic E-state index is 0.0308. The number of hydrogen-bond donors (Lipinski definition) is 1. The highest BCUT2D eigenvalue weighted by molar-refractivity contribution is 5.82. The summed E-state index contributed by atoms with van der Waals surface area (Å²) in [6.07, 6.45) is 2.20. The molecule has 0 spiro atoms. The highest BCUT2D eigenvalue weighted by atomic mass is 16.5. The summed E-state index contributed by atoms with van der Waals surface area (Å²) in [6.45, 7) is 2.31. The summed E-state index contributed by atoms with van der Waals surface area (Å²) in [6, 6.07) is 8.93. The van der Waals surface area contributed by atoms with E-state index in [0.29, 0.717) is 5.92 Å². The van der Waals surface area contributed by atoms with E-state index in [-0.39, 0.29) is 5.91 Å². The smallest absolute Gasteiger partial charge is 0.243 e. The third-order valence-corrected chi connectivity index (χ3v) is 3.59. The van der Waals surface area contributed by atoms with Crippen molar-refractivity contribution in [3.63, 3.8) is 0 Å². The van der Waals surface area contributed by atoms with Crippen molar-refractivity contribution in [1.29, 1.82) is 0 Å². The molecule has 1 saturated heterocycles. The zero-order valence-corrected chi connectivity index (χ0v) is 11.4. The lowest BCUT2D eigenvalue weighted by molar-refractivity contribution is -0.132. The standard InChI is InChI=1S/C15H22N2O2/c1-17(10-12-6-5-9-19-11-12)15(18)14(16)13-7-3-2-4-8-13/h2-4,7-8,12,14H,5-6,9-11,16H2,1H3/t12?,14-/m0/s1. The van der Waals surface area contributed by atoms with Gasteiger partial charge in [0, 0.05) is 20.2 Å². The Bertz CT molecular complexity index is 402. The Morgan fingerprint density at radius 2 is 2.21 bits per heavy atom. The third-order valence-electron chi connectivity index (χ3n) is 3.59. The zero-order chi connectivity index (χ0) is 13.7. The highest BCUT2D eigenvalue weighted by Crippen LogP contribution is 2.17. The van der Waals surface area contributed by atoms with Crippen LogP contribution in [0.15, 0.2) is 30.3 Å². The molecule has 1 amide bonds. The van der Waals surface area contributed by atoms with Crippen LogP contribution >= 0.6 is 0 Å². The van der Waals surface area contributed by atoms with Gasteiger partial charge in [0.2, 0.25) is 5.91 Å². The fraction of sp³-hybridized carbons (Fsp3) is 0.533. The molecule has 0 aromatic heterocycles. The Balaban J connectivity index is 1.91. The van der Waals surface area contributed by atoms with E-state index in [1.165, 1.54) is 0 Å². The van der Waals surface area contributed by atoms with Gasteiger partial charge in [0.1, 0.15) is 6.04 Å². The molecule has 0 saturated carbocycles. The lowest BCUT2D eigenvalue weighted by Gasteiger charge is -2.28. The number of benzene rings is 1. The summed E-state index contributed by atoms with van der Waals surface area (Å²) in [4.78, 5) is 14.0. The van der Waals surface area contributed by atoms with Gasteiger partial charge in [0.25, 0.3) is 0 Å². The molecule has 104 valence electrons. The van der Waals surface area contributed by atoms with Crippen LogP contribution in [-0.2, 0) is 9.53 Å². The second-order valence-corrected chi connectivity index (χ2v) is 5.19. The molecule has 1 fully saturated rings. The van der Waals surface area contributed by atoms with Gasteiger partial charge in [-0.25, -0.2) is 0 Å². The van der Waals surface area contributed by atoms with Crippen LogP contribution in [0, 0.1) is 5.92 Å². The molecule has 1 aromatic carbocycles. The Hall–Kier alpha value is -1.39. The molecule has 1 aromatic rings. The molecule has 2 rings (SSSR count). The molecule has 4 nitrogen and oxygen atoms in total. The van der Waals surface area contributed by atoms with Gasteiger partial charge in [-0.15, -0.1) is 0 Å². The number of carbonyl (C=O) groups is 1. The van der Waals surface area contributed by atoms with Gasteiger partial charge in [-0.3, -0.25) is 4.79 Å². The molecule has 0 bridgehead atoms. The minimum atomic E-state index is -0.573. The Morgan fingerprint density at radius 3 is 2.84 bits per heavy atom. The maximum absolute atomic E-state index is 12.3. The fourth-order valence-electron chi connectivity index (χ4n) is 2.47. The van der Waals surface area contributed by atoms with E-state index in [0.717, 1.165) is 38.2 Å². The summed E-state index contributed by atoms with van der Waals surface area (Å²) in [5.74, 6) is 0.405. The topological polar surface area (TPSA) is 55.6 Å². The fourth-order valence-corrected chi connectivity index (χ4v) is 2.47. The molecule has 2 atom stereocenters. The van der Waals surface area contributed by atoms with E-state index in [1.807, 2.05) is 37.4 Å². The van der Waals surface area contributed by atoms with Crippen LogP contribution in [0.3, 0.4) is 0 Å². The van der Waals surface area contributed by atoms with Gasteiger partial charge in [-0.2, -0.15) is 0 Å². The summed E-state index contributed by atoms with van der Waals surface area (Å²) < 4.78 is 5.44. The van der Waals surface area contributed by atoms with E-state index < -0.39 is 6.04 Å². The zero-order valence-electron chi connectivity index (χ0n) is 11.4. The van der Waals surface area contributed by atoms with Gasteiger partial charge in [0.15, 0.2) is 0 Å². The number of carbonyl (C=O) groups excluding carboxylic acids is 1. The number of amides is 1. The molecular weight excluding hydrogens is 240 g/mol. The molecule has 2 N–H and O–H groups in total. The maximum Gasteiger partial charge on any atom is 0.243 e. The summed E-state index contributed by atoms with van der Waals surface area (Å²) in [5.41, 5.74) is 6.88. The van der Waals surface area contributed by atoms with Gasteiger partial charge in [-0.05, 0) is 24.3 Å². The van der Waals surface area contributed by atoms with Crippen molar-refractivity contribution in [3.05, 3.63) is 35.9 Å². The van der Waals surface area contributed by atoms with Crippen LogP contribution in [0.4, 0.5) is 0 Å².